The molecular formula is C19H15ClF3IN2O3. The number of aromatic nitrogens is 2. The van der Waals surface area contributed by atoms with Crippen LogP contribution in [0.4, 0.5) is 13.2 Å². The van der Waals surface area contributed by atoms with Crippen molar-refractivity contribution in [3.8, 4) is 0 Å². The van der Waals surface area contributed by atoms with Crippen LogP contribution in [-0.4, -0.2) is 32.9 Å². The maximum atomic E-state index is 13.7. The number of rotatable bonds is 3. The molecule has 1 aromatic carbocycles. The minimum Gasteiger partial charge on any atom is -0.481 e. The second-order valence-corrected chi connectivity index (χ2v) is 8.88. The number of alkyl halides is 3. The Morgan fingerprint density at radius 1 is 1.31 bits per heavy atom. The van der Waals surface area contributed by atoms with Crippen molar-refractivity contribution in [2.24, 2.45) is 5.92 Å². The molecule has 1 N–H and O–H groups in total. The first kappa shape index (κ1) is 20.6. The largest absolute Gasteiger partial charge is 0.481 e. The maximum absolute atomic E-state index is 13.7. The van der Waals surface area contributed by atoms with E-state index in [0.717, 1.165) is 10.2 Å². The van der Waals surface area contributed by atoms with E-state index in [1.54, 1.807) is 0 Å². The highest BCUT2D eigenvalue weighted by Crippen LogP contribution is 2.60. The quantitative estimate of drug-likeness (QED) is 0.580. The van der Waals surface area contributed by atoms with Gasteiger partial charge in [0.2, 0.25) is 0 Å². The Hall–Kier alpha value is -1.62. The summed E-state index contributed by atoms with van der Waals surface area (Å²) in [6.45, 7) is 0. The Balaban J connectivity index is 1.83. The summed E-state index contributed by atoms with van der Waals surface area (Å²) in [7, 11) is 0. The molecule has 0 spiro atoms. The van der Waals surface area contributed by atoms with Crippen LogP contribution in [0.15, 0.2) is 18.2 Å². The van der Waals surface area contributed by atoms with E-state index in [9.17, 15) is 27.9 Å². The zero-order chi connectivity index (χ0) is 21.1. The van der Waals surface area contributed by atoms with Crippen molar-refractivity contribution in [1.29, 1.82) is 0 Å². The van der Waals surface area contributed by atoms with Crippen LogP contribution >= 0.6 is 34.2 Å². The summed E-state index contributed by atoms with van der Waals surface area (Å²) in [6, 6.07) is 4.08. The first-order valence-corrected chi connectivity index (χ1v) is 10.4. The highest BCUT2D eigenvalue weighted by molar-refractivity contribution is 14.1. The summed E-state index contributed by atoms with van der Waals surface area (Å²) in [5, 5.41) is 13.5. The van der Waals surface area contributed by atoms with Gasteiger partial charge in [0.05, 0.1) is 27.6 Å². The highest BCUT2D eigenvalue weighted by atomic mass is 127. The molecule has 29 heavy (non-hydrogen) atoms. The number of fused-ring (bicyclic) bond motifs is 1. The van der Waals surface area contributed by atoms with Crippen LogP contribution in [0.5, 0.6) is 0 Å². The van der Waals surface area contributed by atoms with Crippen molar-refractivity contribution >= 4 is 46.1 Å². The van der Waals surface area contributed by atoms with E-state index in [1.165, 1.54) is 18.2 Å². The lowest BCUT2D eigenvalue weighted by atomic mass is 9.87. The van der Waals surface area contributed by atoms with Gasteiger partial charge in [0, 0.05) is 12.0 Å². The number of carboxylic acids is 1. The average Bonchev–Trinajstić information content (AvgIpc) is 3.41. The Kier molecular flexibility index (Phi) is 4.96. The van der Waals surface area contributed by atoms with Gasteiger partial charge in [-0.25, -0.2) is 0 Å². The van der Waals surface area contributed by atoms with Crippen LogP contribution < -0.4 is 0 Å². The molecule has 1 saturated carbocycles. The van der Waals surface area contributed by atoms with Crippen LogP contribution in [0.2, 0.25) is 5.02 Å². The van der Waals surface area contributed by atoms with Crippen molar-refractivity contribution in [2.45, 2.75) is 43.7 Å². The smallest absolute Gasteiger partial charge is 0.398 e. The fraction of sp³-hybridized carbons (Fsp3) is 0.421. The normalized spacial score (nSPS) is 20.2. The fourth-order valence-electron chi connectivity index (χ4n) is 4.02. The van der Waals surface area contributed by atoms with Crippen molar-refractivity contribution < 1.29 is 27.9 Å². The van der Waals surface area contributed by atoms with Crippen LogP contribution in [-0.2, 0) is 23.1 Å². The van der Waals surface area contributed by atoms with E-state index in [-0.39, 0.29) is 35.4 Å². The van der Waals surface area contributed by atoms with E-state index >= 15 is 0 Å². The summed E-state index contributed by atoms with van der Waals surface area (Å²) < 4.78 is 42.8. The second kappa shape index (κ2) is 6.97. The number of carboxylic acid groups (broad SMARTS) is 1. The predicted octanol–water partition coefficient (Wildman–Crippen LogP) is 4.61. The molecule has 1 heterocycles. The lowest BCUT2D eigenvalue weighted by Crippen LogP contribution is -2.32. The molecular weight excluding hydrogens is 524 g/mol. The van der Waals surface area contributed by atoms with E-state index < -0.39 is 29.4 Å². The molecule has 4 rings (SSSR count). The molecule has 1 atom stereocenters. The molecule has 1 fully saturated rings. The predicted molar refractivity (Wildman–Crippen MR) is 106 cm³/mol. The molecule has 1 aromatic heterocycles. The molecule has 2 aliphatic rings. The minimum atomic E-state index is -4.50. The number of carbonyl (C=O) groups is 2. The third-order valence-corrected chi connectivity index (χ3v) is 6.98. The molecule has 0 radical (unpaired) electrons. The number of halogens is 5. The summed E-state index contributed by atoms with van der Waals surface area (Å²) in [5.41, 5.74) is -1.24. The van der Waals surface area contributed by atoms with Gasteiger partial charge in [-0.15, -0.1) is 0 Å². The molecule has 2 aliphatic carbocycles. The minimum absolute atomic E-state index is 0.0760. The third-order valence-electron chi connectivity index (χ3n) is 5.80. The molecule has 10 heteroatoms. The second-order valence-electron chi connectivity index (χ2n) is 7.45. The number of carbonyl (C=O) groups excluding carboxylic acids is 1. The molecule has 0 amide bonds. The Morgan fingerprint density at radius 3 is 2.59 bits per heavy atom. The Morgan fingerprint density at radius 2 is 2.00 bits per heavy atom. The van der Waals surface area contributed by atoms with Gasteiger partial charge < -0.3 is 5.11 Å². The van der Waals surface area contributed by atoms with Gasteiger partial charge in [-0.05, 0) is 59.9 Å². The maximum Gasteiger partial charge on any atom is 0.398 e. The Labute approximate surface area is 182 Å². The molecule has 0 unspecified atom stereocenters. The lowest BCUT2D eigenvalue weighted by molar-refractivity contribution is -0.160. The summed E-state index contributed by atoms with van der Waals surface area (Å²) in [4.78, 5) is 24.8. The van der Waals surface area contributed by atoms with Gasteiger partial charge in [0.1, 0.15) is 3.70 Å². The van der Waals surface area contributed by atoms with Crippen molar-refractivity contribution in [3.63, 3.8) is 0 Å². The number of aliphatic carboxylic acids is 1. The van der Waals surface area contributed by atoms with Gasteiger partial charge in [-0.2, -0.15) is 23.0 Å². The van der Waals surface area contributed by atoms with Crippen LogP contribution in [0.1, 0.15) is 46.4 Å². The van der Waals surface area contributed by atoms with Crippen molar-refractivity contribution in [1.82, 2.24) is 9.78 Å². The van der Waals surface area contributed by atoms with Crippen LogP contribution in [0.3, 0.4) is 0 Å². The number of benzene rings is 1. The van der Waals surface area contributed by atoms with Gasteiger partial charge in [0.25, 0.3) is 5.91 Å². The van der Waals surface area contributed by atoms with Crippen LogP contribution in [0.25, 0.3) is 0 Å². The van der Waals surface area contributed by atoms with Crippen LogP contribution in [0, 0.1) is 9.62 Å². The molecule has 154 valence electrons. The standard InChI is InChI=1S/C19H15ClF3IN2O3/c20-12-3-1-2-11(18(6-7-18)19(21,22)23)14(12)16(27)26-13-8-9(17(28)29)4-5-10(13)15(24)25-26/h1-3,9H,4-8H2,(H,28,29)/t9-/m1/s1. The first-order valence-electron chi connectivity index (χ1n) is 8.96. The topological polar surface area (TPSA) is 72.2 Å². The van der Waals surface area contributed by atoms with E-state index in [0.29, 0.717) is 22.2 Å². The molecule has 0 saturated heterocycles. The summed E-state index contributed by atoms with van der Waals surface area (Å²) >= 11 is 8.16. The summed E-state index contributed by atoms with van der Waals surface area (Å²) in [6.07, 6.45) is -3.75. The van der Waals surface area contributed by atoms with Crippen molar-refractivity contribution in [2.75, 3.05) is 0 Å². The zero-order valence-electron chi connectivity index (χ0n) is 14.9. The van der Waals surface area contributed by atoms with Crippen molar-refractivity contribution in [3.05, 3.63) is 49.3 Å². The fourth-order valence-corrected chi connectivity index (χ4v) is 5.07. The highest BCUT2D eigenvalue weighted by Gasteiger charge is 2.65. The number of hydrogen-bond acceptors (Lipinski definition) is 3. The monoisotopic (exact) mass is 538 g/mol. The zero-order valence-corrected chi connectivity index (χ0v) is 17.8. The SMILES string of the molecule is O=C(O)[C@@H]1CCc2c(I)nn(C(=O)c3c(Cl)cccc3C3(C(F)(F)F)CC3)c2C1. The number of hydrogen-bond donors (Lipinski definition) is 1. The summed E-state index contributed by atoms with van der Waals surface area (Å²) in [5.74, 6) is -2.40. The van der Waals surface area contributed by atoms with E-state index in [4.69, 9.17) is 11.6 Å². The van der Waals surface area contributed by atoms with E-state index in [2.05, 4.69) is 5.10 Å². The molecule has 2 aromatic rings. The molecule has 5 nitrogen and oxygen atoms in total. The molecule has 0 bridgehead atoms. The van der Waals surface area contributed by atoms with Gasteiger partial charge in [0.15, 0.2) is 0 Å². The lowest BCUT2D eigenvalue weighted by Gasteiger charge is -2.24. The average molecular weight is 539 g/mol. The Bertz CT molecular complexity index is 1030. The van der Waals surface area contributed by atoms with E-state index in [1.807, 2.05) is 22.6 Å². The van der Waals surface area contributed by atoms with Gasteiger partial charge >= 0.3 is 12.1 Å². The van der Waals surface area contributed by atoms with Gasteiger partial charge in [-0.1, -0.05) is 23.7 Å². The third kappa shape index (κ3) is 3.26. The first-order chi connectivity index (χ1) is 13.6. The number of nitrogens with zero attached hydrogens (tertiary/aromatic N) is 2. The molecule has 0 aliphatic heterocycles. The van der Waals surface area contributed by atoms with Gasteiger partial charge in [-0.3, -0.25) is 9.59 Å².